The van der Waals surface area contributed by atoms with Gasteiger partial charge in [-0.25, -0.2) is 13.2 Å². The number of ether oxygens (including phenoxy) is 2. The van der Waals surface area contributed by atoms with Crippen LogP contribution < -0.4 is 9.64 Å². The Labute approximate surface area is 249 Å². The van der Waals surface area contributed by atoms with Crippen molar-refractivity contribution in [2.24, 2.45) is 5.92 Å². The van der Waals surface area contributed by atoms with Crippen molar-refractivity contribution in [3.05, 3.63) is 89.5 Å². The van der Waals surface area contributed by atoms with Crippen molar-refractivity contribution in [3.8, 4) is 5.75 Å². The summed E-state index contributed by atoms with van der Waals surface area (Å²) in [7, 11) is -0.184. The molecule has 3 atom stereocenters. The second-order valence-electron chi connectivity index (χ2n) is 11.4. The Kier molecular flexibility index (Phi) is 9.08. The minimum Gasteiger partial charge on any atom is -0.497 e. The number of piperazine rings is 1. The topological polar surface area (TPSA) is 79.4 Å². The van der Waals surface area contributed by atoms with Crippen LogP contribution in [0.4, 0.5) is 10.5 Å². The number of methoxy groups -OCH3 is 1. The fourth-order valence-electron chi connectivity index (χ4n) is 6.16. The Morgan fingerprint density at radius 1 is 0.929 bits per heavy atom. The van der Waals surface area contributed by atoms with E-state index in [0.29, 0.717) is 61.1 Å². The zero-order valence-corrected chi connectivity index (χ0v) is 25.7. The molecule has 1 saturated heterocycles. The number of benzene rings is 3. The Morgan fingerprint density at radius 2 is 1.62 bits per heavy atom. The molecule has 1 aliphatic carbocycles. The third-order valence-corrected chi connectivity index (χ3v) is 10.9. The van der Waals surface area contributed by atoms with E-state index in [1.165, 1.54) is 11.1 Å². The number of carbonyl (C=O) groups is 1. The number of fused-ring (bicyclic) bond motifs is 1. The minimum absolute atomic E-state index is 0.272. The van der Waals surface area contributed by atoms with E-state index in [0.717, 1.165) is 17.7 Å². The maximum atomic E-state index is 13.2. The first-order valence-corrected chi connectivity index (χ1v) is 16.1. The van der Waals surface area contributed by atoms with E-state index in [-0.39, 0.29) is 12.7 Å². The van der Waals surface area contributed by atoms with Gasteiger partial charge in [0.05, 0.1) is 12.0 Å². The highest BCUT2D eigenvalue weighted by atomic mass is 32.2. The van der Waals surface area contributed by atoms with Crippen molar-refractivity contribution in [1.82, 2.24) is 9.21 Å². The molecule has 2 unspecified atom stereocenters. The Morgan fingerprint density at radius 3 is 2.29 bits per heavy atom. The average molecular weight is 592 g/mol. The molecule has 8 nitrogen and oxygen atoms in total. The van der Waals surface area contributed by atoms with Crippen LogP contribution in [0.25, 0.3) is 0 Å². The van der Waals surface area contributed by atoms with Crippen LogP contribution in [0.1, 0.15) is 48.8 Å². The normalized spacial score (nSPS) is 20.7. The fourth-order valence-corrected chi connectivity index (χ4v) is 7.58. The molecule has 0 saturated carbocycles. The third-order valence-electron chi connectivity index (χ3n) is 8.98. The number of anilines is 1. The van der Waals surface area contributed by atoms with Crippen molar-refractivity contribution in [2.75, 3.05) is 51.8 Å². The summed E-state index contributed by atoms with van der Waals surface area (Å²) in [6.45, 7) is 7.62. The summed E-state index contributed by atoms with van der Waals surface area (Å²) < 4.78 is 38.6. The van der Waals surface area contributed by atoms with Crippen LogP contribution >= 0.6 is 0 Å². The molecule has 224 valence electrons. The largest absolute Gasteiger partial charge is 0.497 e. The van der Waals surface area contributed by atoms with Gasteiger partial charge >= 0.3 is 6.09 Å². The van der Waals surface area contributed by atoms with Crippen molar-refractivity contribution in [3.63, 3.8) is 0 Å². The molecule has 0 bridgehead atoms. The maximum absolute atomic E-state index is 13.2. The van der Waals surface area contributed by atoms with Gasteiger partial charge < -0.3 is 19.3 Å². The second kappa shape index (κ2) is 12.8. The predicted octanol–water partition coefficient (Wildman–Crippen LogP) is 5.70. The SMILES string of the molecule is COc1ccc(S(=O)(=O)N2CCN(c3ccc4c(c3)C(C)[C@@H](C)C4CCN(C)C(=O)OCc3ccccc3)CC2)cc1. The van der Waals surface area contributed by atoms with Gasteiger partial charge in [-0.1, -0.05) is 50.2 Å². The van der Waals surface area contributed by atoms with Crippen molar-refractivity contribution >= 4 is 21.8 Å². The number of hydrogen-bond acceptors (Lipinski definition) is 6. The lowest BCUT2D eigenvalue weighted by molar-refractivity contribution is 0.103. The van der Waals surface area contributed by atoms with E-state index in [1.54, 1.807) is 47.6 Å². The first kappa shape index (κ1) is 29.9. The smallest absolute Gasteiger partial charge is 0.409 e. The number of rotatable bonds is 9. The van der Waals surface area contributed by atoms with Gasteiger partial charge in [0.15, 0.2) is 0 Å². The summed E-state index contributed by atoms with van der Waals surface area (Å²) in [5, 5.41) is 0. The van der Waals surface area contributed by atoms with Crippen LogP contribution in [0, 0.1) is 5.92 Å². The molecular formula is C33H41N3O5S. The lowest BCUT2D eigenvalue weighted by atomic mass is 9.87. The predicted molar refractivity (Wildman–Crippen MR) is 165 cm³/mol. The average Bonchev–Trinajstić information content (AvgIpc) is 3.27. The monoisotopic (exact) mass is 591 g/mol. The van der Waals surface area contributed by atoms with Gasteiger partial charge in [-0.15, -0.1) is 0 Å². The van der Waals surface area contributed by atoms with Gasteiger partial charge in [-0.3, -0.25) is 0 Å². The Balaban J connectivity index is 1.18. The fraction of sp³-hybridized carbons (Fsp3) is 0.424. The van der Waals surface area contributed by atoms with Crippen LogP contribution in [-0.2, 0) is 21.4 Å². The molecule has 0 spiro atoms. The van der Waals surface area contributed by atoms with Crippen molar-refractivity contribution < 1.29 is 22.7 Å². The Hall–Kier alpha value is -3.56. The molecule has 3 aromatic carbocycles. The quantitative estimate of drug-likeness (QED) is 0.318. The lowest BCUT2D eigenvalue weighted by Crippen LogP contribution is -2.48. The zero-order chi connectivity index (χ0) is 29.9. The van der Waals surface area contributed by atoms with Gasteiger partial charge in [0.25, 0.3) is 0 Å². The highest BCUT2D eigenvalue weighted by Crippen LogP contribution is 2.48. The molecule has 9 heteroatoms. The summed E-state index contributed by atoms with van der Waals surface area (Å²) in [6.07, 6.45) is 0.567. The van der Waals surface area contributed by atoms with Crippen LogP contribution in [0.5, 0.6) is 5.75 Å². The molecule has 1 aliphatic heterocycles. The first-order valence-electron chi connectivity index (χ1n) is 14.6. The summed E-state index contributed by atoms with van der Waals surface area (Å²) >= 11 is 0. The molecule has 0 radical (unpaired) electrons. The third kappa shape index (κ3) is 6.27. The lowest BCUT2D eigenvalue weighted by Gasteiger charge is -2.35. The van der Waals surface area contributed by atoms with Gasteiger partial charge in [0, 0.05) is 45.5 Å². The Bertz CT molecular complexity index is 1470. The molecule has 1 heterocycles. The van der Waals surface area contributed by atoms with Gasteiger partial charge in [-0.2, -0.15) is 4.31 Å². The van der Waals surface area contributed by atoms with E-state index in [4.69, 9.17) is 9.47 Å². The molecular weight excluding hydrogens is 550 g/mol. The molecule has 5 rings (SSSR count). The number of hydrogen-bond donors (Lipinski definition) is 0. The number of amides is 1. The molecule has 0 aromatic heterocycles. The van der Waals surface area contributed by atoms with Crippen LogP contribution in [0.3, 0.4) is 0 Å². The molecule has 3 aromatic rings. The van der Waals surface area contributed by atoms with Crippen molar-refractivity contribution in [1.29, 1.82) is 0 Å². The van der Waals surface area contributed by atoms with Gasteiger partial charge in [-0.05, 0) is 77.3 Å². The molecule has 2 aliphatic rings. The highest BCUT2D eigenvalue weighted by molar-refractivity contribution is 7.89. The number of nitrogens with zero attached hydrogens (tertiary/aromatic N) is 3. The molecule has 0 N–H and O–H groups in total. The summed E-state index contributed by atoms with van der Waals surface area (Å²) in [5.74, 6) is 1.85. The highest BCUT2D eigenvalue weighted by Gasteiger charge is 2.36. The summed E-state index contributed by atoms with van der Waals surface area (Å²) in [5.41, 5.74) is 4.82. The van der Waals surface area contributed by atoms with E-state index in [2.05, 4.69) is 36.9 Å². The van der Waals surface area contributed by atoms with E-state index >= 15 is 0 Å². The van der Waals surface area contributed by atoms with Gasteiger partial charge in [0.1, 0.15) is 12.4 Å². The van der Waals surface area contributed by atoms with E-state index in [9.17, 15) is 13.2 Å². The summed E-state index contributed by atoms with van der Waals surface area (Å²) in [4.78, 5) is 16.8. The molecule has 42 heavy (non-hydrogen) atoms. The summed E-state index contributed by atoms with van der Waals surface area (Å²) in [6, 6.07) is 23.0. The molecule has 1 amide bonds. The standard InChI is InChI=1S/C33H41N3O5S/c1-24-25(2)32-22-27(35-18-20-36(21-19-35)42(38,39)29-13-11-28(40-4)12-14-29)10-15-31(32)30(24)16-17-34(3)33(37)41-23-26-8-6-5-7-9-26/h5-15,22,24-25,30H,16-21,23H2,1-4H3/t24-,25?,30?/m1/s1. The molecule has 1 fully saturated rings. The van der Waals surface area contributed by atoms with Crippen LogP contribution in [0.2, 0.25) is 0 Å². The van der Waals surface area contributed by atoms with Gasteiger partial charge in [0.2, 0.25) is 10.0 Å². The van der Waals surface area contributed by atoms with E-state index < -0.39 is 10.0 Å². The second-order valence-corrected chi connectivity index (χ2v) is 13.3. The maximum Gasteiger partial charge on any atom is 0.409 e. The van der Waals surface area contributed by atoms with Crippen LogP contribution in [0.15, 0.2) is 77.7 Å². The zero-order valence-electron chi connectivity index (χ0n) is 24.9. The van der Waals surface area contributed by atoms with E-state index in [1.807, 2.05) is 30.3 Å². The van der Waals surface area contributed by atoms with Crippen molar-refractivity contribution in [2.45, 2.75) is 43.6 Å². The minimum atomic E-state index is -3.55. The van der Waals surface area contributed by atoms with Crippen LogP contribution in [-0.4, -0.2) is 70.6 Å². The number of sulfonamides is 1. The first-order chi connectivity index (χ1) is 20.2. The number of carbonyl (C=O) groups excluding carboxylic acids is 1.